The topological polar surface area (TPSA) is 48.0 Å². The average Bonchev–Trinajstić information content (AvgIpc) is 3.28. The van der Waals surface area contributed by atoms with Crippen molar-refractivity contribution in [1.82, 2.24) is 4.90 Å². The number of aliphatic hydroxyl groups excluding tert-OH is 1. The Balaban J connectivity index is 1.03. The Hall–Kier alpha value is -2.54. The van der Waals surface area contributed by atoms with E-state index in [2.05, 4.69) is 44.8 Å². The molecule has 0 radical (unpaired) electrons. The number of hydrogen-bond donors (Lipinski definition) is 2. The Morgan fingerprint density at radius 2 is 1.97 bits per heavy atom. The van der Waals surface area contributed by atoms with E-state index in [-0.39, 0.29) is 0 Å². The summed E-state index contributed by atoms with van der Waals surface area (Å²) >= 11 is 1.82. The molecular weight excluding hydrogens is 406 g/mol. The smallest absolute Gasteiger partial charge is 0.144 e. The first-order valence-corrected chi connectivity index (χ1v) is 12.0. The van der Waals surface area contributed by atoms with E-state index in [4.69, 9.17) is 4.74 Å². The van der Waals surface area contributed by atoms with Gasteiger partial charge in [0.25, 0.3) is 0 Å². The number of nitrogens with one attached hydrogen (secondary N) is 1. The van der Waals surface area contributed by atoms with E-state index in [1.165, 1.54) is 15.8 Å². The van der Waals surface area contributed by atoms with E-state index in [0.717, 1.165) is 69.2 Å². The van der Waals surface area contributed by atoms with Crippen LogP contribution in [0.1, 0.15) is 18.4 Å². The fourth-order valence-corrected chi connectivity index (χ4v) is 5.20. The van der Waals surface area contributed by atoms with Crippen LogP contribution in [0.4, 0.5) is 11.4 Å². The van der Waals surface area contributed by atoms with Crippen LogP contribution in [-0.2, 0) is 0 Å². The quantitative estimate of drug-likeness (QED) is 0.530. The molecule has 31 heavy (non-hydrogen) atoms. The van der Waals surface area contributed by atoms with Gasteiger partial charge in [0.05, 0.1) is 6.61 Å². The number of fused-ring (bicyclic) bond motifs is 2. The third-order valence-electron chi connectivity index (χ3n) is 6.11. The second-order valence-corrected chi connectivity index (χ2v) is 9.14. The van der Waals surface area contributed by atoms with Crippen LogP contribution in [0.15, 0.2) is 53.9 Å². The van der Waals surface area contributed by atoms with E-state index >= 15 is 0 Å². The molecule has 2 aromatic carbocycles. The first-order chi connectivity index (χ1) is 15.3. The molecule has 2 aliphatic heterocycles. The van der Waals surface area contributed by atoms with E-state index in [9.17, 15) is 5.11 Å². The standard InChI is InChI=1S/C25H29N3O2S/c29-25-9-7-19-6-8-20(18-22(19)26-25)30-16-2-1-11-27-12-14-28(15-13-27)23-4-3-5-24-21(23)10-17-31-24/h3-10,17-18,25-26,29H,1-2,11-16H2. The summed E-state index contributed by atoms with van der Waals surface area (Å²) < 4.78 is 7.31. The van der Waals surface area contributed by atoms with Crippen LogP contribution in [0.5, 0.6) is 5.75 Å². The van der Waals surface area contributed by atoms with Gasteiger partial charge in [-0.1, -0.05) is 12.1 Å². The van der Waals surface area contributed by atoms with E-state index in [1.54, 1.807) is 6.08 Å². The van der Waals surface area contributed by atoms with Gasteiger partial charge < -0.3 is 20.1 Å². The predicted molar refractivity (Wildman–Crippen MR) is 130 cm³/mol. The second kappa shape index (κ2) is 9.30. The van der Waals surface area contributed by atoms with Crippen LogP contribution in [-0.4, -0.2) is 55.6 Å². The van der Waals surface area contributed by atoms with E-state index in [0.29, 0.717) is 0 Å². The minimum atomic E-state index is -0.624. The molecule has 3 aromatic rings. The predicted octanol–water partition coefficient (Wildman–Crippen LogP) is 4.64. The summed E-state index contributed by atoms with van der Waals surface area (Å²) in [4.78, 5) is 5.10. The van der Waals surface area contributed by atoms with Crippen molar-refractivity contribution >= 4 is 38.9 Å². The van der Waals surface area contributed by atoms with Gasteiger partial charge in [-0.2, -0.15) is 0 Å². The summed E-state index contributed by atoms with van der Waals surface area (Å²) in [5.74, 6) is 0.852. The zero-order valence-corrected chi connectivity index (χ0v) is 18.5. The molecule has 0 aliphatic carbocycles. The van der Waals surface area contributed by atoms with Crippen molar-refractivity contribution in [2.75, 3.05) is 49.5 Å². The van der Waals surface area contributed by atoms with Crippen LogP contribution in [0.3, 0.4) is 0 Å². The molecular formula is C25H29N3O2S. The van der Waals surface area contributed by atoms with Crippen LogP contribution >= 0.6 is 11.3 Å². The number of benzene rings is 2. The van der Waals surface area contributed by atoms with Crippen molar-refractivity contribution in [2.45, 2.75) is 19.1 Å². The summed E-state index contributed by atoms with van der Waals surface area (Å²) in [6, 6.07) is 14.9. The number of anilines is 2. The number of unbranched alkanes of at least 4 members (excludes halogenated alkanes) is 1. The van der Waals surface area contributed by atoms with Crippen molar-refractivity contribution < 1.29 is 9.84 Å². The maximum atomic E-state index is 9.69. The summed E-state index contributed by atoms with van der Waals surface area (Å²) in [7, 11) is 0. The molecule has 1 saturated heterocycles. The zero-order chi connectivity index (χ0) is 21.0. The monoisotopic (exact) mass is 435 g/mol. The number of rotatable bonds is 7. The number of ether oxygens (including phenoxy) is 1. The maximum absolute atomic E-state index is 9.69. The Bertz CT molecular complexity index is 1060. The Labute approximate surface area is 187 Å². The van der Waals surface area contributed by atoms with Crippen molar-refractivity contribution in [1.29, 1.82) is 0 Å². The summed E-state index contributed by atoms with van der Waals surface area (Å²) in [5, 5.41) is 16.3. The second-order valence-electron chi connectivity index (χ2n) is 8.19. The lowest BCUT2D eigenvalue weighted by Crippen LogP contribution is -2.46. The minimum Gasteiger partial charge on any atom is -0.494 e. The molecule has 0 saturated carbocycles. The van der Waals surface area contributed by atoms with Crippen molar-refractivity contribution in [3.8, 4) is 5.75 Å². The Morgan fingerprint density at radius 3 is 2.87 bits per heavy atom. The van der Waals surface area contributed by atoms with Crippen molar-refractivity contribution in [2.24, 2.45) is 0 Å². The largest absolute Gasteiger partial charge is 0.494 e. The number of hydrogen-bond acceptors (Lipinski definition) is 6. The molecule has 6 heteroatoms. The Kier molecular flexibility index (Phi) is 6.11. The molecule has 162 valence electrons. The van der Waals surface area contributed by atoms with Crippen LogP contribution in [0, 0.1) is 0 Å². The minimum absolute atomic E-state index is 0.624. The van der Waals surface area contributed by atoms with Crippen LogP contribution in [0.2, 0.25) is 0 Å². The molecule has 1 aromatic heterocycles. The van der Waals surface area contributed by atoms with Crippen molar-refractivity contribution in [3.63, 3.8) is 0 Å². The van der Waals surface area contributed by atoms with Gasteiger partial charge in [-0.25, -0.2) is 0 Å². The molecule has 2 N–H and O–H groups in total. The normalized spacial score (nSPS) is 18.7. The van der Waals surface area contributed by atoms with Crippen LogP contribution < -0.4 is 15.0 Å². The highest BCUT2D eigenvalue weighted by atomic mass is 32.1. The SMILES string of the molecule is OC1C=Cc2ccc(OCCCCN3CCN(c4cccc5sccc45)CC3)cc2N1. The van der Waals surface area contributed by atoms with Crippen LogP contribution in [0.25, 0.3) is 16.2 Å². The highest BCUT2D eigenvalue weighted by Gasteiger charge is 2.18. The number of nitrogens with zero attached hydrogens (tertiary/aromatic N) is 2. The third-order valence-corrected chi connectivity index (χ3v) is 6.99. The third kappa shape index (κ3) is 4.71. The first-order valence-electron chi connectivity index (χ1n) is 11.1. The Morgan fingerprint density at radius 1 is 1.06 bits per heavy atom. The molecule has 1 unspecified atom stereocenters. The highest BCUT2D eigenvalue weighted by molar-refractivity contribution is 7.17. The van der Waals surface area contributed by atoms with Gasteiger partial charge in [0.1, 0.15) is 12.0 Å². The lowest BCUT2D eigenvalue weighted by atomic mass is 10.1. The molecule has 3 heterocycles. The molecule has 0 amide bonds. The van der Waals surface area contributed by atoms with Crippen molar-refractivity contribution in [3.05, 3.63) is 59.5 Å². The fourth-order valence-electron chi connectivity index (χ4n) is 4.39. The summed E-state index contributed by atoms with van der Waals surface area (Å²) in [6.07, 6.45) is 5.24. The molecule has 0 bridgehead atoms. The summed E-state index contributed by atoms with van der Waals surface area (Å²) in [6.45, 7) is 6.27. The molecule has 1 fully saturated rings. The van der Waals surface area contributed by atoms with Gasteiger partial charge in [-0.3, -0.25) is 4.90 Å². The number of piperazine rings is 1. The van der Waals surface area contributed by atoms with Gasteiger partial charge in [-0.15, -0.1) is 11.3 Å². The van der Waals surface area contributed by atoms with Gasteiger partial charge in [0.2, 0.25) is 0 Å². The van der Waals surface area contributed by atoms with E-state index < -0.39 is 6.23 Å². The summed E-state index contributed by atoms with van der Waals surface area (Å²) in [5.41, 5.74) is 3.38. The molecule has 2 aliphatic rings. The highest BCUT2D eigenvalue weighted by Crippen LogP contribution is 2.31. The van der Waals surface area contributed by atoms with Gasteiger partial charge in [-0.05, 0) is 66.7 Å². The number of aliphatic hydroxyl groups is 1. The van der Waals surface area contributed by atoms with Gasteiger partial charge in [0, 0.05) is 53.7 Å². The lowest BCUT2D eigenvalue weighted by Gasteiger charge is -2.36. The first kappa shape index (κ1) is 20.4. The van der Waals surface area contributed by atoms with Gasteiger partial charge >= 0.3 is 0 Å². The van der Waals surface area contributed by atoms with E-state index in [1.807, 2.05) is 35.6 Å². The fraction of sp³-hybridized carbons (Fsp3) is 0.360. The lowest BCUT2D eigenvalue weighted by molar-refractivity contribution is 0.238. The maximum Gasteiger partial charge on any atom is 0.144 e. The average molecular weight is 436 g/mol. The number of thiophene rings is 1. The van der Waals surface area contributed by atoms with Gasteiger partial charge in [0.15, 0.2) is 0 Å². The zero-order valence-electron chi connectivity index (χ0n) is 17.7. The molecule has 0 spiro atoms. The molecule has 5 nitrogen and oxygen atoms in total. The molecule has 1 atom stereocenters. The molecule has 5 rings (SSSR count).